The predicted octanol–water partition coefficient (Wildman–Crippen LogP) is 0.511. The van der Waals surface area contributed by atoms with Crippen molar-refractivity contribution in [3.8, 4) is 6.07 Å². The van der Waals surface area contributed by atoms with Gasteiger partial charge < -0.3 is 0 Å². The fraction of sp³-hybridized carbons (Fsp3) is 0.500. The fourth-order valence-electron chi connectivity index (χ4n) is 1.04. The molecule has 0 aromatic carbocycles. The quantitative estimate of drug-likeness (QED) is 0.550. The Morgan fingerprint density at radius 1 is 1.58 bits per heavy atom. The fourth-order valence-corrected chi connectivity index (χ4v) is 1.04. The summed E-state index contributed by atoms with van der Waals surface area (Å²) in [6.07, 6.45) is 1.61. The van der Waals surface area contributed by atoms with Gasteiger partial charge in [-0.3, -0.25) is 5.73 Å². The van der Waals surface area contributed by atoms with Crippen molar-refractivity contribution < 1.29 is 4.68 Å². The maximum Gasteiger partial charge on any atom is 0.311 e. The molecule has 0 fully saturated rings. The van der Waals surface area contributed by atoms with Crippen molar-refractivity contribution in [2.75, 3.05) is 5.73 Å². The molecule has 1 rings (SSSR count). The number of nitrogen functional groups attached to an aromatic ring is 1. The third-order valence-electron chi connectivity index (χ3n) is 1.65. The molecule has 3 N–H and O–H groups in total. The Kier molecular flexibility index (Phi) is 1.81. The van der Waals surface area contributed by atoms with E-state index in [2.05, 4.69) is 5.10 Å². The van der Waals surface area contributed by atoms with Crippen LogP contribution in [-0.4, -0.2) is 5.10 Å². The molecule has 12 heavy (non-hydrogen) atoms. The molecule has 4 nitrogen and oxygen atoms in total. The molecule has 0 radical (unpaired) electrons. The summed E-state index contributed by atoms with van der Waals surface area (Å²) in [6.45, 7) is 6.04. The van der Waals surface area contributed by atoms with Gasteiger partial charge in [0, 0.05) is 0 Å². The van der Waals surface area contributed by atoms with Gasteiger partial charge in [-0.1, -0.05) is 0 Å². The van der Waals surface area contributed by atoms with Crippen LogP contribution in [0.1, 0.15) is 26.3 Å². The van der Waals surface area contributed by atoms with E-state index in [1.807, 2.05) is 26.8 Å². The molecule has 0 spiro atoms. The molecule has 0 aliphatic rings. The maximum absolute atomic E-state index is 8.63. The second-order valence-electron chi connectivity index (χ2n) is 3.69. The van der Waals surface area contributed by atoms with E-state index in [1.54, 1.807) is 10.9 Å². The number of aromatic nitrogens is 2. The van der Waals surface area contributed by atoms with Crippen molar-refractivity contribution in [2.24, 2.45) is 0 Å². The SMILES string of the molecule is CC(C)(C)[n+]1[nH]cc(C#N)c1N. The summed E-state index contributed by atoms with van der Waals surface area (Å²) in [6, 6.07) is 2.01. The molecule has 0 aliphatic heterocycles. The van der Waals surface area contributed by atoms with E-state index in [-0.39, 0.29) is 5.54 Å². The van der Waals surface area contributed by atoms with E-state index in [9.17, 15) is 0 Å². The van der Waals surface area contributed by atoms with Gasteiger partial charge >= 0.3 is 5.82 Å². The van der Waals surface area contributed by atoms with Gasteiger partial charge in [0.05, 0.1) is 6.20 Å². The van der Waals surface area contributed by atoms with E-state index < -0.39 is 0 Å². The van der Waals surface area contributed by atoms with Gasteiger partial charge in [0.15, 0.2) is 5.56 Å². The molecule has 0 saturated carbocycles. The highest BCUT2D eigenvalue weighted by atomic mass is 15.3. The first-order valence-corrected chi connectivity index (χ1v) is 3.76. The number of hydrogen-bond donors (Lipinski definition) is 2. The van der Waals surface area contributed by atoms with E-state index in [1.165, 1.54) is 0 Å². The molecule has 64 valence electrons. The van der Waals surface area contributed by atoms with Crippen LogP contribution in [0.25, 0.3) is 0 Å². The number of nitrogens with one attached hydrogen (secondary N) is 1. The molecule has 1 aromatic heterocycles. The Hall–Kier alpha value is -1.50. The molecule has 0 amide bonds. The first-order chi connectivity index (χ1) is 5.46. The van der Waals surface area contributed by atoms with Crippen molar-refractivity contribution in [2.45, 2.75) is 26.3 Å². The van der Waals surface area contributed by atoms with Crippen LogP contribution in [0.5, 0.6) is 0 Å². The Bertz CT molecular complexity index is 324. The van der Waals surface area contributed by atoms with Gasteiger partial charge in [-0.2, -0.15) is 9.94 Å². The molecule has 4 heteroatoms. The standard InChI is InChI=1S/C8H12N4/c1-8(2,3)12-7(10)6(4-9)5-11-12/h5H,1-3H3,(H2,10,11)/p+1. The molecule has 1 aromatic rings. The van der Waals surface area contributed by atoms with Crippen LogP contribution >= 0.6 is 0 Å². The number of H-pyrrole nitrogens is 1. The molecule has 0 aliphatic carbocycles. The number of nitriles is 1. The summed E-state index contributed by atoms with van der Waals surface area (Å²) in [5, 5.41) is 11.6. The van der Waals surface area contributed by atoms with E-state index in [0.29, 0.717) is 11.4 Å². The molecule has 1 heterocycles. The van der Waals surface area contributed by atoms with Gasteiger partial charge in [-0.15, -0.1) is 0 Å². The summed E-state index contributed by atoms with van der Waals surface area (Å²) < 4.78 is 1.77. The molecular formula is C8H13N4+. The molecule has 0 bridgehead atoms. The Labute approximate surface area is 71.6 Å². The van der Waals surface area contributed by atoms with Gasteiger partial charge in [0.1, 0.15) is 11.6 Å². The smallest absolute Gasteiger partial charge is 0.284 e. The molecule has 0 atom stereocenters. The van der Waals surface area contributed by atoms with Crippen molar-refractivity contribution in [3.05, 3.63) is 11.8 Å². The van der Waals surface area contributed by atoms with Crippen LogP contribution in [0.15, 0.2) is 6.20 Å². The minimum Gasteiger partial charge on any atom is -0.284 e. The maximum atomic E-state index is 8.63. The Balaban J connectivity index is 3.22. The highest BCUT2D eigenvalue weighted by Gasteiger charge is 2.25. The zero-order valence-corrected chi connectivity index (χ0v) is 7.55. The van der Waals surface area contributed by atoms with Crippen molar-refractivity contribution in [3.63, 3.8) is 0 Å². The molecule has 0 unspecified atom stereocenters. The number of hydrogen-bond acceptors (Lipinski definition) is 2. The number of nitrogens with two attached hydrogens (primary N) is 1. The monoisotopic (exact) mass is 165 g/mol. The normalized spacial score (nSPS) is 11.2. The minimum absolute atomic E-state index is 0.112. The van der Waals surface area contributed by atoms with Crippen LogP contribution in [0.4, 0.5) is 5.82 Å². The van der Waals surface area contributed by atoms with E-state index >= 15 is 0 Å². The molecular weight excluding hydrogens is 152 g/mol. The van der Waals surface area contributed by atoms with Crippen LogP contribution in [0.3, 0.4) is 0 Å². The van der Waals surface area contributed by atoms with Gasteiger partial charge in [0.2, 0.25) is 0 Å². The first-order valence-electron chi connectivity index (χ1n) is 3.76. The van der Waals surface area contributed by atoms with Gasteiger partial charge in [-0.25, -0.2) is 5.10 Å². The third-order valence-corrected chi connectivity index (χ3v) is 1.65. The summed E-state index contributed by atoms with van der Waals surface area (Å²) in [7, 11) is 0. The number of rotatable bonds is 0. The van der Waals surface area contributed by atoms with Crippen LogP contribution < -0.4 is 10.4 Å². The highest BCUT2D eigenvalue weighted by Crippen LogP contribution is 2.09. The molecule has 0 saturated heterocycles. The lowest BCUT2D eigenvalue weighted by Gasteiger charge is -2.14. The summed E-state index contributed by atoms with van der Waals surface area (Å²) >= 11 is 0. The van der Waals surface area contributed by atoms with E-state index in [0.717, 1.165) is 0 Å². The van der Waals surface area contributed by atoms with Crippen molar-refractivity contribution in [1.29, 1.82) is 5.26 Å². The van der Waals surface area contributed by atoms with Crippen molar-refractivity contribution in [1.82, 2.24) is 5.10 Å². The average molecular weight is 165 g/mol. The average Bonchev–Trinajstić information content (AvgIpc) is 2.29. The van der Waals surface area contributed by atoms with Crippen LogP contribution in [0, 0.1) is 11.3 Å². The van der Waals surface area contributed by atoms with Crippen LogP contribution in [-0.2, 0) is 5.54 Å². The number of aromatic amines is 1. The van der Waals surface area contributed by atoms with Crippen molar-refractivity contribution >= 4 is 5.82 Å². The Morgan fingerprint density at radius 2 is 2.17 bits per heavy atom. The summed E-state index contributed by atoms with van der Waals surface area (Å²) in [4.78, 5) is 0. The highest BCUT2D eigenvalue weighted by molar-refractivity contribution is 5.42. The van der Waals surface area contributed by atoms with Crippen LogP contribution in [0.2, 0.25) is 0 Å². The number of anilines is 1. The lowest BCUT2D eigenvalue weighted by molar-refractivity contribution is -0.790. The lowest BCUT2D eigenvalue weighted by atomic mass is 10.1. The topological polar surface area (TPSA) is 69.5 Å². The predicted molar refractivity (Wildman–Crippen MR) is 45.1 cm³/mol. The second kappa shape index (κ2) is 2.52. The first kappa shape index (κ1) is 8.60. The number of nitrogens with zero attached hydrogens (tertiary/aromatic N) is 2. The zero-order chi connectivity index (χ0) is 9.35. The van der Waals surface area contributed by atoms with Gasteiger partial charge in [0.25, 0.3) is 0 Å². The third kappa shape index (κ3) is 1.26. The zero-order valence-electron chi connectivity index (χ0n) is 7.55. The van der Waals surface area contributed by atoms with E-state index in [4.69, 9.17) is 11.0 Å². The summed E-state index contributed by atoms with van der Waals surface area (Å²) in [5.74, 6) is 0.491. The second-order valence-corrected chi connectivity index (χ2v) is 3.69. The summed E-state index contributed by atoms with van der Waals surface area (Å²) in [5.41, 5.74) is 6.09. The van der Waals surface area contributed by atoms with Gasteiger partial charge in [-0.05, 0) is 20.8 Å². The minimum atomic E-state index is -0.112. The lowest BCUT2D eigenvalue weighted by Crippen LogP contribution is -2.53. The Morgan fingerprint density at radius 3 is 2.42 bits per heavy atom. The largest absolute Gasteiger partial charge is 0.311 e.